The van der Waals surface area contributed by atoms with Crippen LogP contribution in [0, 0.1) is 15.9 Å². The number of hydrogen-bond donors (Lipinski definition) is 1. The Kier molecular flexibility index (Phi) is 3.67. The Hall–Kier alpha value is -2.13. The predicted molar refractivity (Wildman–Crippen MR) is 65.9 cm³/mol. The van der Waals surface area contributed by atoms with Gasteiger partial charge in [0.05, 0.1) is 10.6 Å². The highest BCUT2D eigenvalue weighted by Crippen LogP contribution is 2.22. The summed E-state index contributed by atoms with van der Waals surface area (Å²) in [6.45, 7) is 0. The van der Waals surface area contributed by atoms with Crippen LogP contribution < -0.4 is 5.32 Å². The van der Waals surface area contributed by atoms with Crippen molar-refractivity contribution in [3.05, 3.63) is 43.6 Å². The molecule has 1 heterocycles. The van der Waals surface area contributed by atoms with Crippen LogP contribution in [-0.2, 0) is 0 Å². The number of amides is 1. The van der Waals surface area contributed by atoms with Gasteiger partial charge in [-0.25, -0.2) is 4.39 Å². The van der Waals surface area contributed by atoms with Gasteiger partial charge in [-0.3, -0.25) is 14.9 Å². The topological polar surface area (TPSA) is 98.0 Å². The number of halogens is 2. The van der Waals surface area contributed by atoms with Crippen molar-refractivity contribution in [1.29, 1.82) is 0 Å². The molecule has 0 spiro atoms. The maximum atomic E-state index is 13.4. The fourth-order valence-corrected chi connectivity index (χ4v) is 1.92. The molecule has 1 amide bonds. The Morgan fingerprint density at radius 1 is 1.47 bits per heavy atom. The minimum atomic E-state index is -0.797. The summed E-state index contributed by atoms with van der Waals surface area (Å²) >= 11 is 6.31. The molecule has 1 N–H and O–H groups in total. The zero-order valence-electron chi connectivity index (χ0n) is 8.96. The van der Waals surface area contributed by atoms with Crippen molar-refractivity contribution in [2.24, 2.45) is 0 Å². The monoisotopic (exact) mass is 302 g/mol. The Morgan fingerprint density at radius 2 is 2.21 bits per heavy atom. The van der Waals surface area contributed by atoms with Gasteiger partial charge in [0.25, 0.3) is 11.6 Å². The number of carbonyl (C=O) groups excluding carboxylic acids is 1. The molecule has 0 saturated heterocycles. The zero-order chi connectivity index (χ0) is 14.0. The maximum Gasteiger partial charge on any atom is 0.286 e. The summed E-state index contributed by atoms with van der Waals surface area (Å²) in [7, 11) is 0. The molecule has 2 rings (SSSR count). The van der Waals surface area contributed by atoms with Crippen molar-refractivity contribution < 1.29 is 14.1 Å². The number of anilines is 1. The summed E-state index contributed by atoms with van der Waals surface area (Å²) in [5, 5.41) is 19.5. The lowest BCUT2D eigenvalue weighted by molar-refractivity contribution is -0.384. The smallest absolute Gasteiger partial charge is 0.286 e. The standard InChI is InChI=1S/C9H4ClFN4O3S/c10-9-14-13-8(19-9)7(16)12-6-3-4(15(17)18)1-2-5(6)11/h1-3H,(H,12,16). The molecule has 0 aliphatic heterocycles. The predicted octanol–water partition coefficient (Wildman–Crippen LogP) is 2.49. The van der Waals surface area contributed by atoms with Crippen molar-refractivity contribution >= 4 is 40.2 Å². The van der Waals surface area contributed by atoms with Crippen LogP contribution in [0.2, 0.25) is 4.47 Å². The Balaban J connectivity index is 2.25. The first kappa shape index (κ1) is 13.3. The van der Waals surface area contributed by atoms with Gasteiger partial charge in [0.1, 0.15) is 5.82 Å². The van der Waals surface area contributed by atoms with E-state index in [4.69, 9.17) is 11.6 Å². The second-order valence-corrected chi connectivity index (χ2v) is 4.80. The van der Waals surface area contributed by atoms with E-state index in [0.717, 1.165) is 29.5 Å². The lowest BCUT2D eigenvalue weighted by atomic mass is 10.2. The van der Waals surface area contributed by atoms with Gasteiger partial charge < -0.3 is 5.32 Å². The minimum absolute atomic E-state index is 0.0599. The molecule has 0 aliphatic carbocycles. The number of nitrogens with zero attached hydrogens (tertiary/aromatic N) is 3. The van der Waals surface area contributed by atoms with E-state index in [9.17, 15) is 19.3 Å². The van der Waals surface area contributed by atoms with E-state index in [1.54, 1.807) is 0 Å². The first-order valence-corrected chi connectivity index (χ1v) is 5.91. The highest BCUT2D eigenvalue weighted by molar-refractivity contribution is 7.17. The number of nitro groups is 1. The van der Waals surface area contributed by atoms with Gasteiger partial charge in [0.2, 0.25) is 9.47 Å². The second kappa shape index (κ2) is 5.24. The third-order valence-corrected chi connectivity index (χ3v) is 3.02. The van der Waals surface area contributed by atoms with Gasteiger partial charge in [-0.15, -0.1) is 10.2 Å². The van der Waals surface area contributed by atoms with Crippen molar-refractivity contribution in [2.75, 3.05) is 5.32 Å². The lowest BCUT2D eigenvalue weighted by Gasteiger charge is -2.03. The molecule has 98 valence electrons. The third kappa shape index (κ3) is 3.01. The molecule has 19 heavy (non-hydrogen) atoms. The quantitative estimate of drug-likeness (QED) is 0.694. The number of benzene rings is 1. The lowest BCUT2D eigenvalue weighted by Crippen LogP contribution is -2.13. The average Bonchev–Trinajstić information content (AvgIpc) is 2.78. The molecule has 1 aromatic carbocycles. The largest absolute Gasteiger partial charge is 0.317 e. The summed E-state index contributed by atoms with van der Waals surface area (Å²) in [6, 6.07) is 2.80. The minimum Gasteiger partial charge on any atom is -0.317 e. The van der Waals surface area contributed by atoms with E-state index in [-0.39, 0.29) is 20.8 Å². The molecule has 0 unspecified atom stereocenters. The molecule has 0 aliphatic rings. The van der Waals surface area contributed by atoms with Crippen LogP contribution >= 0.6 is 22.9 Å². The maximum absolute atomic E-state index is 13.4. The molecular weight excluding hydrogens is 299 g/mol. The van der Waals surface area contributed by atoms with Crippen molar-refractivity contribution in [2.45, 2.75) is 0 Å². The number of non-ortho nitro benzene ring substituents is 1. The fraction of sp³-hybridized carbons (Fsp3) is 0. The second-order valence-electron chi connectivity index (χ2n) is 3.24. The van der Waals surface area contributed by atoms with Crippen LogP contribution in [-0.4, -0.2) is 21.0 Å². The normalized spacial score (nSPS) is 10.2. The molecule has 0 radical (unpaired) electrons. The van der Waals surface area contributed by atoms with E-state index in [2.05, 4.69) is 15.5 Å². The van der Waals surface area contributed by atoms with E-state index < -0.39 is 16.6 Å². The number of aromatic nitrogens is 2. The summed E-state index contributed by atoms with van der Waals surface area (Å²) in [5.41, 5.74) is -0.655. The molecule has 0 atom stereocenters. The molecular formula is C9H4ClFN4O3S. The van der Waals surface area contributed by atoms with Crippen LogP contribution in [0.1, 0.15) is 9.80 Å². The summed E-state index contributed by atoms with van der Waals surface area (Å²) in [5.74, 6) is -1.54. The van der Waals surface area contributed by atoms with Gasteiger partial charge in [0.15, 0.2) is 0 Å². The van der Waals surface area contributed by atoms with Crippen LogP contribution in [0.15, 0.2) is 18.2 Å². The summed E-state index contributed by atoms with van der Waals surface area (Å²) < 4.78 is 13.5. The van der Waals surface area contributed by atoms with E-state index in [1.165, 1.54) is 0 Å². The third-order valence-electron chi connectivity index (χ3n) is 2.00. The van der Waals surface area contributed by atoms with Crippen molar-refractivity contribution in [1.82, 2.24) is 10.2 Å². The van der Waals surface area contributed by atoms with Gasteiger partial charge in [-0.05, 0) is 17.7 Å². The Morgan fingerprint density at radius 3 is 2.79 bits per heavy atom. The van der Waals surface area contributed by atoms with Crippen LogP contribution in [0.25, 0.3) is 0 Å². The van der Waals surface area contributed by atoms with Gasteiger partial charge in [-0.2, -0.15) is 0 Å². The summed E-state index contributed by atoms with van der Waals surface area (Å²) in [6.07, 6.45) is 0. The molecule has 7 nitrogen and oxygen atoms in total. The first-order valence-electron chi connectivity index (χ1n) is 4.71. The molecule has 2 aromatic rings. The molecule has 0 fully saturated rings. The van der Waals surface area contributed by atoms with Crippen LogP contribution in [0.3, 0.4) is 0 Å². The molecule has 1 aromatic heterocycles. The van der Waals surface area contributed by atoms with Crippen LogP contribution in [0.5, 0.6) is 0 Å². The van der Waals surface area contributed by atoms with Gasteiger partial charge in [0, 0.05) is 12.1 Å². The highest BCUT2D eigenvalue weighted by Gasteiger charge is 2.16. The first-order chi connectivity index (χ1) is 8.97. The van der Waals surface area contributed by atoms with E-state index in [1.807, 2.05) is 0 Å². The Labute approximate surface area is 114 Å². The number of hydrogen-bond acceptors (Lipinski definition) is 6. The van der Waals surface area contributed by atoms with Gasteiger partial charge in [-0.1, -0.05) is 11.3 Å². The van der Waals surface area contributed by atoms with Gasteiger partial charge >= 0.3 is 0 Å². The molecule has 10 heteroatoms. The van der Waals surface area contributed by atoms with Crippen LogP contribution in [0.4, 0.5) is 15.8 Å². The Bertz CT molecular complexity index is 663. The number of nitro benzene ring substituents is 1. The fourth-order valence-electron chi connectivity index (χ4n) is 1.20. The van der Waals surface area contributed by atoms with Crippen molar-refractivity contribution in [3.63, 3.8) is 0 Å². The van der Waals surface area contributed by atoms with E-state index in [0.29, 0.717) is 0 Å². The average molecular weight is 303 g/mol. The summed E-state index contributed by atoms with van der Waals surface area (Å²) in [4.78, 5) is 21.5. The van der Waals surface area contributed by atoms with Crippen molar-refractivity contribution in [3.8, 4) is 0 Å². The SMILES string of the molecule is O=C(Nc1cc([N+](=O)[O-])ccc1F)c1nnc(Cl)s1. The zero-order valence-corrected chi connectivity index (χ0v) is 10.5. The number of nitrogens with one attached hydrogen (secondary N) is 1. The molecule has 0 bridgehead atoms. The van der Waals surface area contributed by atoms with E-state index >= 15 is 0 Å². The molecule has 0 saturated carbocycles. The number of rotatable bonds is 3. The highest BCUT2D eigenvalue weighted by atomic mass is 35.5. The number of carbonyl (C=O) groups is 1.